The molecule has 1 aromatic rings. The number of carbonyl (C=O) groups is 1. The van der Waals surface area contributed by atoms with E-state index in [4.69, 9.17) is 4.74 Å². The van der Waals surface area contributed by atoms with Crippen LogP contribution in [0, 0.1) is 0 Å². The molecule has 1 fully saturated rings. The zero-order chi connectivity index (χ0) is 11.2. The van der Waals surface area contributed by atoms with Gasteiger partial charge in [0.05, 0.1) is 6.10 Å². The van der Waals surface area contributed by atoms with E-state index in [0.29, 0.717) is 19.1 Å². The second-order valence-corrected chi connectivity index (χ2v) is 4.17. The first-order valence-corrected chi connectivity index (χ1v) is 5.84. The first kappa shape index (κ1) is 11.2. The SMILES string of the molecule is O=C(CCC1CCCO1)NCc1cc[nH]c1. The summed E-state index contributed by atoms with van der Waals surface area (Å²) in [6, 6.07) is 1.96. The number of rotatable bonds is 5. The van der Waals surface area contributed by atoms with Gasteiger partial charge in [-0.05, 0) is 30.9 Å². The van der Waals surface area contributed by atoms with E-state index in [2.05, 4.69) is 10.3 Å². The number of amides is 1. The Kier molecular flexibility index (Phi) is 3.99. The van der Waals surface area contributed by atoms with Gasteiger partial charge in [-0.15, -0.1) is 0 Å². The van der Waals surface area contributed by atoms with Crippen LogP contribution in [0.25, 0.3) is 0 Å². The van der Waals surface area contributed by atoms with Gasteiger partial charge in [0.15, 0.2) is 0 Å². The van der Waals surface area contributed by atoms with E-state index in [9.17, 15) is 4.79 Å². The average Bonchev–Trinajstić information content (AvgIpc) is 2.96. The minimum atomic E-state index is 0.108. The monoisotopic (exact) mass is 222 g/mol. The lowest BCUT2D eigenvalue weighted by Gasteiger charge is -2.08. The molecule has 1 saturated heterocycles. The van der Waals surface area contributed by atoms with Crippen LogP contribution in [0.15, 0.2) is 18.5 Å². The maximum atomic E-state index is 11.5. The standard InChI is InChI=1S/C12H18N2O2/c15-12(4-3-11-2-1-7-16-11)14-9-10-5-6-13-8-10/h5-6,8,11,13H,1-4,7,9H2,(H,14,15). The fourth-order valence-electron chi connectivity index (χ4n) is 1.92. The summed E-state index contributed by atoms with van der Waals surface area (Å²) in [6.07, 6.45) is 7.70. The van der Waals surface area contributed by atoms with E-state index >= 15 is 0 Å². The van der Waals surface area contributed by atoms with Gasteiger partial charge in [0.2, 0.25) is 5.91 Å². The second-order valence-electron chi connectivity index (χ2n) is 4.17. The van der Waals surface area contributed by atoms with E-state index in [-0.39, 0.29) is 5.91 Å². The predicted octanol–water partition coefficient (Wildman–Crippen LogP) is 1.59. The Bertz CT molecular complexity index is 316. The van der Waals surface area contributed by atoms with Gasteiger partial charge in [-0.2, -0.15) is 0 Å². The fraction of sp³-hybridized carbons (Fsp3) is 0.583. The molecule has 0 aromatic carbocycles. The van der Waals surface area contributed by atoms with Crippen molar-refractivity contribution >= 4 is 5.91 Å². The highest BCUT2D eigenvalue weighted by Gasteiger charge is 2.16. The molecule has 1 atom stereocenters. The molecule has 0 saturated carbocycles. The Morgan fingerprint density at radius 1 is 1.62 bits per heavy atom. The third kappa shape index (κ3) is 3.38. The van der Waals surface area contributed by atoms with Gasteiger partial charge >= 0.3 is 0 Å². The van der Waals surface area contributed by atoms with E-state index in [1.165, 1.54) is 0 Å². The second kappa shape index (κ2) is 5.70. The van der Waals surface area contributed by atoms with Crippen LogP contribution in [0.4, 0.5) is 0 Å². The van der Waals surface area contributed by atoms with Crippen LogP contribution < -0.4 is 5.32 Å². The van der Waals surface area contributed by atoms with E-state index in [1.54, 1.807) is 0 Å². The maximum absolute atomic E-state index is 11.5. The highest BCUT2D eigenvalue weighted by atomic mass is 16.5. The molecule has 0 spiro atoms. The zero-order valence-electron chi connectivity index (χ0n) is 9.37. The van der Waals surface area contributed by atoms with Crippen LogP contribution >= 0.6 is 0 Å². The minimum Gasteiger partial charge on any atom is -0.378 e. The lowest BCUT2D eigenvalue weighted by molar-refractivity contribution is -0.121. The van der Waals surface area contributed by atoms with Crippen LogP contribution in [0.1, 0.15) is 31.2 Å². The van der Waals surface area contributed by atoms with Gasteiger partial charge in [0.1, 0.15) is 0 Å². The molecule has 88 valence electrons. The smallest absolute Gasteiger partial charge is 0.220 e. The van der Waals surface area contributed by atoms with Crippen LogP contribution in [-0.4, -0.2) is 23.6 Å². The number of H-pyrrole nitrogens is 1. The minimum absolute atomic E-state index is 0.108. The summed E-state index contributed by atoms with van der Waals surface area (Å²) in [7, 11) is 0. The molecule has 4 heteroatoms. The lowest BCUT2D eigenvalue weighted by Crippen LogP contribution is -2.23. The molecule has 1 aliphatic rings. The summed E-state index contributed by atoms with van der Waals surface area (Å²) in [5.41, 5.74) is 1.10. The van der Waals surface area contributed by atoms with Gasteiger partial charge in [0.25, 0.3) is 0 Å². The summed E-state index contributed by atoms with van der Waals surface area (Å²) in [6.45, 7) is 1.46. The Labute approximate surface area is 95.4 Å². The Morgan fingerprint density at radius 2 is 2.56 bits per heavy atom. The molecule has 1 unspecified atom stereocenters. The molecule has 1 aromatic heterocycles. The molecule has 0 radical (unpaired) electrons. The number of carbonyl (C=O) groups excluding carboxylic acids is 1. The number of nitrogens with one attached hydrogen (secondary N) is 2. The van der Waals surface area contributed by atoms with E-state index < -0.39 is 0 Å². The molecular formula is C12H18N2O2. The number of hydrogen-bond donors (Lipinski definition) is 2. The third-order valence-corrected chi connectivity index (χ3v) is 2.87. The fourth-order valence-corrected chi connectivity index (χ4v) is 1.92. The molecule has 2 N–H and O–H groups in total. The lowest BCUT2D eigenvalue weighted by atomic mass is 10.1. The number of aromatic amines is 1. The van der Waals surface area contributed by atoms with Crippen molar-refractivity contribution in [2.45, 2.75) is 38.3 Å². The van der Waals surface area contributed by atoms with Gasteiger partial charge in [-0.1, -0.05) is 0 Å². The zero-order valence-corrected chi connectivity index (χ0v) is 9.37. The summed E-state index contributed by atoms with van der Waals surface area (Å²) in [5.74, 6) is 0.108. The average molecular weight is 222 g/mol. The van der Waals surface area contributed by atoms with Crippen LogP contribution in [0.5, 0.6) is 0 Å². The number of hydrogen-bond acceptors (Lipinski definition) is 2. The summed E-state index contributed by atoms with van der Waals surface area (Å²) >= 11 is 0. The molecule has 4 nitrogen and oxygen atoms in total. The van der Waals surface area contributed by atoms with Crippen molar-refractivity contribution < 1.29 is 9.53 Å². The van der Waals surface area contributed by atoms with Crippen molar-refractivity contribution in [2.75, 3.05) is 6.61 Å². The van der Waals surface area contributed by atoms with Crippen molar-refractivity contribution in [1.82, 2.24) is 10.3 Å². The normalized spacial score (nSPS) is 19.9. The third-order valence-electron chi connectivity index (χ3n) is 2.87. The van der Waals surface area contributed by atoms with Gasteiger partial charge in [-0.25, -0.2) is 0 Å². The Morgan fingerprint density at radius 3 is 3.25 bits per heavy atom. The molecule has 0 aliphatic carbocycles. The Hall–Kier alpha value is -1.29. The van der Waals surface area contributed by atoms with Crippen LogP contribution in [-0.2, 0) is 16.1 Å². The summed E-state index contributed by atoms with van der Waals surface area (Å²) in [5, 5.41) is 2.89. The predicted molar refractivity (Wildman–Crippen MR) is 60.8 cm³/mol. The maximum Gasteiger partial charge on any atom is 0.220 e. The Balaban J connectivity index is 1.60. The van der Waals surface area contributed by atoms with E-state index in [1.807, 2.05) is 18.5 Å². The summed E-state index contributed by atoms with van der Waals surface area (Å²) < 4.78 is 5.47. The first-order valence-electron chi connectivity index (χ1n) is 5.84. The van der Waals surface area contributed by atoms with Crippen molar-refractivity contribution in [2.24, 2.45) is 0 Å². The highest BCUT2D eigenvalue weighted by Crippen LogP contribution is 2.16. The van der Waals surface area contributed by atoms with Crippen LogP contribution in [0.2, 0.25) is 0 Å². The van der Waals surface area contributed by atoms with Crippen molar-refractivity contribution in [3.8, 4) is 0 Å². The topological polar surface area (TPSA) is 54.1 Å². The number of aromatic nitrogens is 1. The van der Waals surface area contributed by atoms with Crippen LogP contribution in [0.3, 0.4) is 0 Å². The molecular weight excluding hydrogens is 204 g/mol. The quantitative estimate of drug-likeness (QED) is 0.795. The van der Waals surface area contributed by atoms with E-state index in [0.717, 1.165) is 31.4 Å². The highest BCUT2D eigenvalue weighted by molar-refractivity contribution is 5.75. The number of ether oxygens (including phenoxy) is 1. The first-order chi connectivity index (χ1) is 7.84. The van der Waals surface area contributed by atoms with Gasteiger partial charge < -0.3 is 15.0 Å². The molecule has 2 heterocycles. The van der Waals surface area contributed by atoms with Crippen molar-refractivity contribution in [3.63, 3.8) is 0 Å². The molecule has 1 amide bonds. The largest absolute Gasteiger partial charge is 0.378 e. The molecule has 1 aliphatic heterocycles. The molecule has 16 heavy (non-hydrogen) atoms. The molecule has 0 bridgehead atoms. The van der Waals surface area contributed by atoms with Gasteiger partial charge in [0, 0.05) is 32.0 Å². The van der Waals surface area contributed by atoms with Crippen molar-refractivity contribution in [3.05, 3.63) is 24.0 Å². The van der Waals surface area contributed by atoms with Gasteiger partial charge in [-0.3, -0.25) is 4.79 Å². The van der Waals surface area contributed by atoms with Crippen molar-refractivity contribution in [1.29, 1.82) is 0 Å². The molecule has 2 rings (SSSR count). The summed E-state index contributed by atoms with van der Waals surface area (Å²) in [4.78, 5) is 14.5.